The van der Waals surface area contributed by atoms with Gasteiger partial charge in [-0.1, -0.05) is 0 Å². The molecule has 0 aromatic rings. The average Bonchev–Trinajstić information content (AvgIpc) is 1.65. The molecule has 0 saturated carbocycles. The summed E-state index contributed by atoms with van der Waals surface area (Å²) in [6.45, 7) is 2.45. The predicted octanol–water partition coefficient (Wildman–Crippen LogP) is 0.348. The number of aliphatic carboxylic acids is 1. The smallest absolute Gasteiger partial charge is 0.326 e. The molecule has 0 aromatic heterocycles. The Morgan fingerprint density at radius 1 is 1.56 bits per heavy atom. The number of ketones is 1. The number of Topliss-reactive ketones (excluding diaryl/α,β-unsaturated/α-hetero) is 1. The topological polar surface area (TPSA) is 54.4 Å². The molecule has 0 amide bonds. The van der Waals surface area contributed by atoms with Crippen LogP contribution in [0.3, 0.4) is 0 Å². The number of rotatable bonds is 2. The Balaban J connectivity index is 4.38. The lowest BCUT2D eigenvalue weighted by atomic mass is 10.1. The van der Waals surface area contributed by atoms with Gasteiger partial charge in [0, 0.05) is 0 Å². The molecule has 9 heavy (non-hydrogen) atoms. The van der Waals surface area contributed by atoms with Crippen LogP contribution < -0.4 is 0 Å². The monoisotopic (exact) mass is 148 g/mol. The second kappa shape index (κ2) is 2.39. The van der Waals surface area contributed by atoms with E-state index in [1.807, 2.05) is 0 Å². The number of thiol groups is 1. The molecule has 0 aliphatic carbocycles. The molecular formula is C5H8O3S. The van der Waals surface area contributed by atoms with Crippen molar-refractivity contribution in [3.8, 4) is 0 Å². The van der Waals surface area contributed by atoms with Crippen molar-refractivity contribution in [2.75, 3.05) is 0 Å². The fourth-order valence-corrected chi connectivity index (χ4v) is 0.151. The molecule has 0 bridgehead atoms. The van der Waals surface area contributed by atoms with Crippen molar-refractivity contribution in [2.24, 2.45) is 0 Å². The van der Waals surface area contributed by atoms with E-state index >= 15 is 0 Å². The van der Waals surface area contributed by atoms with Crippen LogP contribution in [0.4, 0.5) is 0 Å². The van der Waals surface area contributed by atoms with Gasteiger partial charge < -0.3 is 5.11 Å². The maximum absolute atomic E-state index is 10.4. The van der Waals surface area contributed by atoms with Gasteiger partial charge in [-0.25, -0.2) is 0 Å². The van der Waals surface area contributed by atoms with Crippen LogP contribution in [0.25, 0.3) is 0 Å². The third kappa shape index (κ3) is 1.71. The highest BCUT2D eigenvalue weighted by Gasteiger charge is 2.33. The summed E-state index contributed by atoms with van der Waals surface area (Å²) in [5.41, 5.74) is 0. The summed E-state index contributed by atoms with van der Waals surface area (Å²) in [5, 5.41) is 8.31. The lowest BCUT2D eigenvalue weighted by Crippen LogP contribution is -2.36. The number of carboxylic acid groups (broad SMARTS) is 1. The zero-order chi connectivity index (χ0) is 7.65. The van der Waals surface area contributed by atoms with E-state index in [1.165, 1.54) is 13.8 Å². The molecule has 1 atom stereocenters. The van der Waals surface area contributed by atoms with Crippen molar-refractivity contribution < 1.29 is 14.7 Å². The van der Waals surface area contributed by atoms with Gasteiger partial charge in [0.25, 0.3) is 0 Å². The van der Waals surface area contributed by atoms with Crippen molar-refractivity contribution in [2.45, 2.75) is 18.6 Å². The Morgan fingerprint density at radius 2 is 1.89 bits per heavy atom. The first-order chi connectivity index (χ1) is 3.89. The molecule has 52 valence electrons. The molecule has 0 radical (unpaired) electrons. The standard InChI is InChI=1S/C5H8O3S/c1-3(6)5(2,9)4(7)8/h9H,1-2H3,(H,7,8). The van der Waals surface area contributed by atoms with E-state index in [0.29, 0.717) is 0 Å². The summed E-state index contributed by atoms with van der Waals surface area (Å²) in [4.78, 5) is 20.6. The highest BCUT2D eigenvalue weighted by atomic mass is 32.1. The molecular weight excluding hydrogens is 140 g/mol. The van der Waals surface area contributed by atoms with Gasteiger partial charge in [0.05, 0.1) is 0 Å². The number of hydrogen-bond donors (Lipinski definition) is 2. The molecule has 3 nitrogen and oxygen atoms in total. The third-order valence-electron chi connectivity index (χ3n) is 1.10. The van der Waals surface area contributed by atoms with Gasteiger partial charge >= 0.3 is 5.97 Å². The first-order valence-corrected chi connectivity index (χ1v) is 2.80. The Labute approximate surface area is 58.5 Å². The van der Waals surface area contributed by atoms with Crippen molar-refractivity contribution >= 4 is 24.4 Å². The molecule has 0 rings (SSSR count). The minimum absolute atomic E-state index is 0.460. The highest BCUT2D eigenvalue weighted by Crippen LogP contribution is 2.13. The van der Waals surface area contributed by atoms with Crippen LogP contribution >= 0.6 is 12.6 Å². The van der Waals surface area contributed by atoms with Crippen LogP contribution in [0.15, 0.2) is 0 Å². The summed E-state index contributed by atoms with van der Waals surface area (Å²) in [5.74, 6) is -1.67. The van der Waals surface area contributed by atoms with E-state index < -0.39 is 16.5 Å². The first kappa shape index (κ1) is 8.49. The highest BCUT2D eigenvalue weighted by molar-refractivity contribution is 7.83. The molecule has 0 aromatic carbocycles. The van der Waals surface area contributed by atoms with Gasteiger partial charge in [-0.05, 0) is 13.8 Å². The second-order valence-electron chi connectivity index (χ2n) is 1.93. The van der Waals surface area contributed by atoms with E-state index in [4.69, 9.17) is 5.11 Å². The number of carboxylic acids is 1. The van der Waals surface area contributed by atoms with Gasteiger partial charge in [-0.2, -0.15) is 12.6 Å². The van der Waals surface area contributed by atoms with Crippen LogP contribution in [-0.4, -0.2) is 21.6 Å². The summed E-state index contributed by atoms with van der Waals surface area (Å²) < 4.78 is -1.53. The van der Waals surface area contributed by atoms with Gasteiger partial charge in [0.2, 0.25) is 0 Å². The fraction of sp³-hybridized carbons (Fsp3) is 0.600. The van der Waals surface area contributed by atoms with Crippen molar-refractivity contribution in [1.82, 2.24) is 0 Å². The van der Waals surface area contributed by atoms with Gasteiger partial charge in [0.1, 0.15) is 0 Å². The maximum Gasteiger partial charge on any atom is 0.326 e. The van der Waals surface area contributed by atoms with E-state index in [9.17, 15) is 9.59 Å². The zero-order valence-electron chi connectivity index (χ0n) is 5.21. The van der Waals surface area contributed by atoms with E-state index in [0.717, 1.165) is 0 Å². The van der Waals surface area contributed by atoms with E-state index in [1.54, 1.807) is 0 Å². The minimum Gasteiger partial charge on any atom is -0.480 e. The quantitative estimate of drug-likeness (QED) is 0.439. The maximum atomic E-state index is 10.4. The SMILES string of the molecule is CC(=O)C(C)(S)C(=O)O. The number of carbonyl (C=O) groups excluding carboxylic acids is 1. The molecule has 4 heteroatoms. The largest absolute Gasteiger partial charge is 0.480 e. The lowest BCUT2D eigenvalue weighted by Gasteiger charge is -2.12. The van der Waals surface area contributed by atoms with Crippen molar-refractivity contribution in [3.63, 3.8) is 0 Å². The molecule has 0 spiro atoms. The Hall–Kier alpha value is -0.510. The Kier molecular flexibility index (Phi) is 2.25. The molecule has 0 fully saturated rings. The van der Waals surface area contributed by atoms with Crippen molar-refractivity contribution in [1.29, 1.82) is 0 Å². The Morgan fingerprint density at radius 3 is 1.89 bits per heavy atom. The normalized spacial score (nSPS) is 16.3. The first-order valence-electron chi connectivity index (χ1n) is 2.36. The predicted molar refractivity (Wildman–Crippen MR) is 35.7 cm³/mol. The number of hydrogen-bond acceptors (Lipinski definition) is 3. The molecule has 1 N–H and O–H groups in total. The van der Waals surface area contributed by atoms with Gasteiger partial charge in [-0.15, -0.1) is 0 Å². The molecule has 0 heterocycles. The summed E-state index contributed by atoms with van der Waals surface area (Å²) in [6.07, 6.45) is 0. The van der Waals surface area contributed by atoms with E-state index in [2.05, 4.69) is 12.6 Å². The summed E-state index contributed by atoms with van der Waals surface area (Å²) in [7, 11) is 0. The van der Waals surface area contributed by atoms with Crippen LogP contribution in [0, 0.1) is 0 Å². The van der Waals surface area contributed by atoms with Gasteiger partial charge in [0.15, 0.2) is 10.5 Å². The number of carbonyl (C=O) groups is 2. The summed E-state index contributed by atoms with van der Waals surface area (Å²) >= 11 is 3.63. The van der Waals surface area contributed by atoms with Crippen LogP contribution in [0.1, 0.15) is 13.8 Å². The van der Waals surface area contributed by atoms with Crippen molar-refractivity contribution in [3.05, 3.63) is 0 Å². The molecule has 0 aliphatic rings. The van der Waals surface area contributed by atoms with Crippen LogP contribution in [-0.2, 0) is 9.59 Å². The Bertz CT molecular complexity index is 134. The zero-order valence-corrected chi connectivity index (χ0v) is 6.11. The molecule has 0 saturated heterocycles. The van der Waals surface area contributed by atoms with Crippen LogP contribution in [0.5, 0.6) is 0 Å². The fourth-order valence-electron chi connectivity index (χ4n) is 0.151. The molecule has 1 unspecified atom stereocenters. The average molecular weight is 148 g/mol. The van der Waals surface area contributed by atoms with Crippen LogP contribution in [0.2, 0.25) is 0 Å². The second-order valence-corrected chi connectivity index (χ2v) is 2.83. The lowest BCUT2D eigenvalue weighted by molar-refractivity contribution is -0.142. The minimum atomic E-state index is -1.53. The third-order valence-corrected chi connectivity index (χ3v) is 1.61. The van der Waals surface area contributed by atoms with E-state index in [-0.39, 0.29) is 0 Å². The molecule has 0 aliphatic heterocycles. The van der Waals surface area contributed by atoms with Gasteiger partial charge in [-0.3, -0.25) is 9.59 Å². The summed E-state index contributed by atoms with van der Waals surface area (Å²) in [6, 6.07) is 0.